The van der Waals surface area contributed by atoms with Crippen LogP contribution in [0, 0.1) is 0 Å². The first kappa shape index (κ1) is 24.0. The number of hydrogen-bond donors (Lipinski definition) is 1. The minimum absolute atomic E-state index is 0.0590. The van der Waals surface area contributed by atoms with Gasteiger partial charge in [0.2, 0.25) is 0 Å². The predicted octanol–water partition coefficient (Wildman–Crippen LogP) is 5.11. The maximum atomic E-state index is 13.2. The molecule has 1 spiro atoms. The van der Waals surface area contributed by atoms with E-state index < -0.39 is 11.7 Å². The minimum Gasteiger partial charge on any atom is -0.492 e. The summed E-state index contributed by atoms with van der Waals surface area (Å²) in [6, 6.07) is 11.8. The van der Waals surface area contributed by atoms with Crippen LogP contribution in [0.2, 0.25) is 0 Å². The third-order valence-electron chi connectivity index (χ3n) is 6.94. The Morgan fingerprint density at radius 3 is 2.60 bits per heavy atom. The summed E-state index contributed by atoms with van der Waals surface area (Å²) in [5, 5.41) is 2.83. The van der Waals surface area contributed by atoms with Crippen molar-refractivity contribution < 1.29 is 23.8 Å². The van der Waals surface area contributed by atoms with E-state index in [9.17, 15) is 9.59 Å². The molecule has 2 amide bonds. The van der Waals surface area contributed by atoms with Gasteiger partial charge in [-0.3, -0.25) is 4.79 Å². The van der Waals surface area contributed by atoms with Gasteiger partial charge in [0.25, 0.3) is 5.91 Å². The number of amides is 2. The average molecular weight is 543 g/mol. The van der Waals surface area contributed by atoms with Gasteiger partial charge in [0.15, 0.2) is 0 Å². The summed E-state index contributed by atoms with van der Waals surface area (Å²) in [4.78, 5) is 27.4. The van der Waals surface area contributed by atoms with Crippen molar-refractivity contribution in [3.8, 4) is 11.5 Å². The second-order valence-electron chi connectivity index (χ2n) is 10.6. The number of alkyl carbamates (subject to hydrolysis) is 1. The molecule has 1 N–H and O–H groups in total. The third kappa shape index (κ3) is 4.85. The van der Waals surface area contributed by atoms with Gasteiger partial charge in [-0.25, -0.2) is 4.79 Å². The monoisotopic (exact) mass is 542 g/mol. The number of carbonyl (C=O) groups is 2. The quantitative estimate of drug-likeness (QED) is 0.545. The molecule has 2 aromatic carbocycles. The van der Waals surface area contributed by atoms with Gasteiger partial charge < -0.3 is 24.4 Å². The van der Waals surface area contributed by atoms with E-state index in [1.54, 1.807) is 0 Å². The minimum atomic E-state index is -0.533. The topological polar surface area (TPSA) is 77.1 Å². The fourth-order valence-corrected chi connectivity index (χ4v) is 5.54. The Hall–Kier alpha value is -2.74. The zero-order valence-electron chi connectivity index (χ0n) is 20.4. The summed E-state index contributed by atoms with van der Waals surface area (Å²) in [6.07, 6.45) is 1.24. The lowest BCUT2D eigenvalue weighted by atomic mass is 9.74. The third-order valence-corrected chi connectivity index (χ3v) is 7.70. The van der Waals surface area contributed by atoms with Crippen molar-refractivity contribution in [2.75, 3.05) is 26.3 Å². The Morgan fingerprint density at radius 1 is 1.11 bits per heavy atom. The van der Waals surface area contributed by atoms with Gasteiger partial charge in [-0.2, -0.15) is 0 Å². The Morgan fingerprint density at radius 2 is 1.86 bits per heavy atom. The number of hydrogen-bond acceptors (Lipinski definition) is 5. The van der Waals surface area contributed by atoms with Crippen molar-refractivity contribution in [2.24, 2.45) is 0 Å². The number of piperidine rings is 1. The highest BCUT2D eigenvalue weighted by molar-refractivity contribution is 9.09. The molecule has 5 rings (SSSR count). The Balaban J connectivity index is 1.25. The van der Waals surface area contributed by atoms with Gasteiger partial charge in [-0.15, -0.1) is 0 Å². The average Bonchev–Trinajstić information content (AvgIpc) is 3.37. The van der Waals surface area contributed by atoms with Crippen LogP contribution >= 0.6 is 15.9 Å². The van der Waals surface area contributed by atoms with Crippen LogP contribution in [0.3, 0.4) is 0 Å². The molecule has 0 aromatic heterocycles. The maximum absolute atomic E-state index is 13.2. The van der Waals surface area contributed by atoms with E-state index in [1.807, 2.05) is 56.0 Å². The molecule has 0 radical (unpaired) electrons. The molecule has 0 saturated carbocycles. The van der Waals surface area contributed by atoms with E-state index in [1.165, 1.54) is 5.56 Å². The Bertz CT molecular complexity index is 1150. The summed E-state index contributed by atoms with van der Waals surface area (Å²) in [5.41, 5.74) is 3.27. The molecule has 1 fully saturated rings. The van der Waals surface area contributed by atoms with Crippen LogP contribution in [0.4, 0.5) is 4.79 Å². The SMILES string of the molecule is CC(C)(C)OC(=O)NCc1ccc2c(c1)C1(CCN(C(=O)c3ccc4c(c3)C(Br)CO4)CC1)CO2. The lowest BCUT2D eigenvalue weighted by Gasteiger charge is -2.38. The maximum Gasteiger partial charge on any atom is 0.407 e. The molecule has 0 aliphatic carbocycles. The van der Waals surface area contributed by atoms with Gasteiger partial charge >= 0.3 is 6.09 Å². The molecular formula is C27H31BrN2O5. The number of carbonyl (C=O) groups excluding carboxylic acids is 2. The fourth-order valence-electron chi connectivity index (χ4n) is 5.05. The molecule has 1 atom stereocenters. The molecule has 8 heteroatoms. The lowest BCUT2D eigenvalue weighted by molar-refractivity contribution is 0.0523. The van der Waals surface area contributed by atoms with Crippen LogP contribution in [0.25, 0.3) is 0 Å². The van der Waals surface area contributed by atoms with Crippen molar-refractivity contribution in [3.05, 3.63) is 58.7 Å². The lowest BCUT2D eigenvalue weighted by Crippen LogP contribution is -2.46. The van der Waals surface area contributed by atoms with E-state index in [2.05, 4.69) is 27.3 Å². The van der Waals surface area contributed by atoms with Crippen molar-refractivity contribution in [1.29, 1.82) is 0 Å². The fraction of sp³-hybridized carbons (Fsp3) is 0.481. The highest BCUT2D eigenvalue weighted by Gasteiger charge is 2.44. The molecule has 1 unspecified atom stereocenters. The van der Waals surface area contributed by atoms with Crippen LogP contribution in [0.1, 0.15) is 65.5 Å². The molecule has 0 bridgehead atoms. The molecule has 3 aliphatic heterocycles. The highest BCUT2D eigenvalue weighted by Crippen LogP contribution is 2.46. The summed E-state index contributed by atoms with van der Waals surface area (Å²) in [5.74, 6) is 1.80. The largest absolute Gasteiger partial charge is 0.492 e. The number of rotatable bonds is 3. The summed E-state index contributed by atoms with van der Waals surface area (Å²) >= 11 is 3.62. The normalized spacial score (nSPS) is 20.0. The predicted molar refractivity (Wildman–Crippen MR) is 135 cm³/mol. The highest BCUT2D eigenvalue weighted by atomic mass is 79.9. The molecule has 186 valence electrons. The smallest absolute Gasteiger partial charge is 0.407 e. The molecule has 7 nitrogen and oxygen atoms in total. The number of nitrogens with one attached hydrogen (secondary N) is 1. The standard InChI is InChI=1S/C27H31BrN2O5/c1-26(2,3)35-25(32)29-14-17-4-6-23-20(12-17)27(16-34-23)8-10-30(11-9-27)24(31)18-5-7-22-19(13-18)21(28)15-33-22/h4-7,12-13,21H,8-11,14-16H2,1-3H3,(H,29,32). The van der Waals surface area contributed by atoms with E-state index in [-0.39, 0.29) is 16.1 Å². The number of benzene rings is 2. The van der Waals surface area contributed by atoms with E-state index in [4.69, 9.17) is 14.2 Å². The summed E-state index contributed by atoms with van der Waals surface area (Å²) < 4.78 is 17.0. The van der Waals surface area contributed by atoms with E-state index in [0.29, 0.717) is 38.4 Å². The van der Waals surface area contributed by atoms with Crippen LogP contribution in [-0.4, -0.2) is 48.8 Å². The number of ether oxygens (including phenoxy) is 3. The van der Waals surface area contributed by atoms with Crippen molar-refractivity contribution in [3.63, 3.8) is 0 Å². The van der Waals surface area contributed by atoms with Gasteiger partial charge in [0.05, 0.1) is 11.4 Å². The molecule has 2 aromatic rings. The second-order valence-corrected chi connectivity index (χ2v) is 11.7. The van der Waals surface area contributed by atoms with Gasteiger partial charge in [0.1, 0.15) is 23.7 Å². The Labute approximate surface area is 214 Å². The molecule has 3 heterocycles. The second kappa shape index (κ2) is 9.04. The van der Waals surface area contributed by atoms with Crippen LogP contribution < -0.4 is 14.8 Å². The number of alkyl halides is 1. The number of fused-ring (bicyclic) bond motifs is 3. The first-order chi connectivity index (χ1) is 16.6. The van der Waals surface area contributed by atoms with E-state index in [0.717, 1.165) is 35.5 Å². The van der Waals surface area contributed by atoms with Gasteiger partial charge in [-0.1, -0.05) is 22.0 Å². The number of likely N-dealkylation sites (tertiary alicyclic amines) is 1. The summed E-state index contributed by atoms with van der Waals surface area (Å²) in [7, 11) is 0. The van der Waals surface area contributed by atoms with Crippen LogP contribution in [0.15, 0.2) is 36.4 Å². The van der Waals surface area contributed by atoms with Crippen molar-refractivity contribution in [1.82, 2.24) is 10.2 Å². The van der Waals surface area contributed by atoms with E-state index >= 15 is 0 Å². The molecule has 3 aliphatic rings. The Kier molecular flexibility index (Phi) is 6.20. The number of nitrogens with zero attached hydrogens (tertiary/aromatic N) is 1. The first-order valence-electron chi connectivity index (χ1n) is 12.1. The van der Waals surface area contributed by atoms with Crippen LogP contribution in [0.5, 0.6) is 11.5 Å². The van der Waals surface area contributed by atoms with Crippen LogP contribution in [-0.2, 0) is 16.7 Å². The number of halogens is 1. The van der Waals surface area contributed by atoms with Crippen molar-refractivity contribution >= 4 is 27.9 Å². The first-order valence-corrected chi connectivity index (χ1v) is 13.0. The zero-order valence-corrected chi connectivity index (χ0v) is 21.9. The molecule has 35 heavy (non-hydrogen) atoms. The molecule has 1 saturated heterocycles. The summed E-state index contributed by atoms with van der Waals surface area (Å²) in [6.45, 7) is 8.48. The molecular weight excluding hydrogens is 512 g/mol. The van der Waals surface area contributed by atoms with Crippen molar-refractivity contribution in [2.45, 2.75) is 56.0 Å². The van der Waals surface area contributed by atoms with Gasteiger partial charge in [0, 0.05) is 41.7 Å². The zero-order chi connectivity index (χ0) is 24.8. The van der Waals surface area contributed by atoms with Gasteiger partial charge in [-0.05, 0) is 69.5 Å².